The molecule has 0 unspecified atom stereocenters. The van der Waals surface area contributed by atoms with E-state index in [0.717, 1.165) is 16.9 Å². The Hall–Kier alpha value is -3.28. The van der Waals surface area contributed by atoms with Crippen molar-refractivity contribution in [3.63, 3.8) is 0 Å². The Morgan fingerprint density at radius 3 is 2.46 bits per heavy atom. The van der Waals surface area contributed by atoms with Gasteiger partial charge in [-0.05, 0) is 48.4 Å². The fourth-order valence-electron chi connectivity index (χ4n) is 2.87. The van der Waals surface area contributed by atoms with Gasteiger partial charge in [-0.25, -0.2) is 4.79 Å². The summed E-state index contributed by atoms with van der Waals surface area (Å²) < 4.78 is 15.8. The molecule has 146 valence electrons. The average molecular weight is 381 g/mol. The first-order valence-electron chi connectivity index (χ1n) is 9.14. The fourth-order valence-corrected chi connectivity index (χ4v) is 2.87. The smallest absolute Gasteiger partial charge is 0.337 e. The molecule has 1 heterocycles. The number of fused-ring (bicyclic) bond motifs is 1. The van der Waals surface area contributed by atoms with Crippen molar-refractivity contribution in [2.75, 3.05) is 26.9 Å². The molecule has 6 heteroatoms. The first-order valence-corrected chi connectivity index (χ1v) is 9.14. The van der Waals surface area contributed by atoms with Gasteiger partial charge in [0.2, 0.25) is 5.91 Å². The molecule has 0 saturated heterocycles. The number of nitrogens with zero attached hydrogens (tertiary/aromatic N) is 1. The predicted molar refractivity (Wildman–Crippen MR) is 105 cm³/mol. The Bertz CT molecular complexity index is 873. The zero-order valence-corrected chi connectivity index (χ0v) is 16.0. The van der Waals surface area contributed by atoms with Crippen molar-refractivity contribution < 1.29 is 23.8 Å². The Balaban J connectivity index is 1.64. The summed E-state index contributed by atoms with van der Waals surface area (Å²) in [5.41, 5.74) is 2.28. The van der Waals surface area contributed by atoms with E-state index in [4.69, 9.17) is 9.47 Å². The maximum Gasteiger partial charge on any atom is 0.337 e. The minimum Gasteiger partial charge on any atom is -0.486 e. The Labute approximate surface area is 164 Å². The number of ether oxygens (including phenoxy) is 3. The van der Waals surface area contributed by atoms with E-state index >= 15 is 0 Å². The van der Waals surface area contributed by atoms with Gasteiger partial charge in [0.1, 0.15) is 13.2 Å². The van der Waals surface area contributed by atoms with Crippen LogP contribution in [0.2, 0.25) is 0 Å². The molecule has 0 bridgehead atoms. The topological polar surface area (TPSA) is 65.1 Å². The van der Waals surface area contributed by atoms with Crippen molar-refractivity contribution in [2.45, 2.75) is 13.5 Å². The largest absolute Gasteiger partial charge is 0.486 e. The van der Waals surface area contributed by atoms with Crippen LogP contribution >= 0.6 is 0 Å². The highest BCUT2D eigenvalue weighted by Crippen LogP contribution is 2.31. The molecule has 1 aliphatic heterocycles. The fraction of sp³-hybridized carbons (Fsp3) is 0.273. The van der Waals surface area contributed by atoms with E-state index in [0.29, 0.717) is 37.6 Å². The number of carbonyl (C=O) groups excluding carboxylic acids is 2. The molecule has 0 radical (unpaired) electrons. The van der Waals surface area contributed by atoms with Gasteiger partial charge in [0.05, 0.1) is 12.7 Å². The minimum absolute atomic E-state index is 0.0885. The molecule has 0 atom stereocenters. The van der Waals surface area contributed by atoms with Gasteiger partial charge in [0.25, 0.3) is 0 Å². The van der Waals surface area contributed by atoms with Crippen molar-refractivity contribution in [1.29, 1.82) is 0 Å². The average Bonchev–Trinajstić information content (AvgIpc) is 2.75. The lowest BCUT2D eigenvalue weighted by molar-refractivity contribution is -0.126. The summed E-state index contributed by atoms with van der Waals surface area (Å²) in [4.78, 5) is 25.8. The monoisotopic (exact) mass is 381 g/mol. The van der Waals surface area contributed by atoms with Gasteiger partial charge in [0, 0.05) is 19.2 Å². The number of amides is 1. The molecule has 0 N–H and O–H groups in total. The van der Waals surface area contributed by atoms with E-state index in [1.807, 2.05) is 25.1 Å². The maximum absolute atomic E-state index is 12.6. The molecule has 6 nitrogen and oxygen atoms in total. The zero-order valence-electron chi connectivity index (χ0n) is 16.0. The van der Waals surface area contributed by atoms with Crippen LogP contribution in [0.25, 0.3) is 6.08 Å². The van der Waals surface area contributed by atoms with Crippen LogP contribution in [0.5, 0.6) is 11.5 Å². The number of methoxy groups -OCH3 is 1. The van der Waals surface area contributed by atoms with Crippen LogP contribution in [0, 0.1) is 0 Å². The molecule has 2 aromatic rings. The molecule has 1 amide bonds. The SMILES string of the molecule is CCN(Cc1ccc2c(c1)OCCO2)C(=O)/C=C/c1ccc(C(=O)OC)cc1. The quantitative estimate of drug-likeness (QED) is 0.567. The summed E-state index contributed by atoms with van der Waals surface area (Å²) in [6, 6.07) is 12.6. The van der Waals surface area contributed by atoms with Crippen LogP contribution < -0.4 is 9.47 Å². The number of rotatable bonds is 6. The molecule has 0 aromatic heterocycles. The van der Waals surface area contributed by atoms with Gasteiger partial charge in [-0.1, -0.05) is 18.2 Å². The van der Waals surface area contributed by atoms with Crippen LogP contribution in [-0.2, 0) is 16.1 Å². The first kappa shape index (κ1) is 19.5. The Morgan fingerprint density at radius 2 is 1.79 bits per heavy atom. The highest BCUT2D eigenvalue weighted by molar-refractivity contribution is 5.92. The van der Waals surface area contributed by atoms with Crippen LogP contribution in [0.15, 0.2) is 48.5 Å². The number of hydrogen-bond donors (Lipinski definition) is 0. The van der Waals surface area contributed by atoms with Gasteiger partial charge >= 0.3 is 5.97 Å². The molecule has 1 aliphatic rings. The summed E-state index contributed by atoms with van der Waals surface area (Å²) >= 11 is 0. The normalized spacial score (nSPS) is 12.6. The summed E-state index contributed by atoms with van der Waals surface area (Å²) in [5, 5.41) is 0. The van der Waals surface area contributed by atoms with Gasteiger partial charge in [-0.2, -0.15) is 0 Å². The molecule has 0 spiro atoms. The Morgan fingerprint density at radius 1 is 1.07 bits per heavy atom. The van der Waals surface area contributed by atoms with Crippen molar-refractivity contribution in [3.8, 4) is 11.5 Å². The van der Waals surface area contributed by atoms with Gasteiger partial charge in [-0.3, -0.25) is 4.79 Å². The van der Waals surface area contributed by atoms with Gasteiger partial charge in [-0.15, -0.1) is 0 Å². The third kappa shape index (κ3) is 4.71. The third-order valence-corrected chi connectivity index (χ3v) is 4.42. The highest BCUT2D eigenvalue weighted by atomic mass is 16.6. The molecule has 3 rings (SSSR count). The number of esters is 1. The minimum atomic E-state index is -0.386. The van der Waals surface area contributed by atoms with Gasteiger partial charge in [0.15, 0.2) is 11.5 Å². The van der Waals surface area contributed by atoms with Crippen molar-refractivity contribution in [1.82, 2.24) is 4.90 Å². The second-order valence-corrected chi connectivity index (χ2v) is 6.28. The summed E-state index contributed by atoms with van der Waals surface area (Å²) in [5.74, 6) is 0.978. The molecule has 28 heavy (non-hydrogen) atoms. The number of hydrogen-bond acceptors (Lipinski definition) is 5. The van der Waals surface area contributed by atoms with E-state index < -0.39 is 0 Å². The van der Waals surface area contributed by atoms with E-state index in [1.54, 1.807) is 35.2 Å². The van der Waals surface area contributed by atoms with Crippen LogP contribution in [0.3, 0.4) is 0 Å². The first-order chi connectivity index (χ1) is 13.6. The second-order valence-electron chi connectivity index (χ2n) is 6.28. The number of carbonyl (C=O) groups is 2. The Kier molecular flexibility index (Phi) is 6.32. The van der Waals surface area contributed by atoms with Crippen molar-refractivity contribution in [3.05, 3.63) is 65.2 Å². The standard InChI is InChI=1S/C22H23NO5/c1-3-23(15-17-6-10-19-20(14-17)28-13-12-27-19)21(24)11-7-16-4-8-18(9-5-16)22(25)26-2/h4-11,14H,3,12-13,15H2,1-2H3/b11-7+. The highest BCUT2D eigenvalue weighted by Gasteiger charge is 2.14. The van der Waals surface area contributed by atoms with Crippen LogP contribution in [-0.4, -0.2) is 43.6 Å². The van der Waals surface area contributed by atoms with E-state index in [2.05, 4.69) is 4.74 Å². The van der Waals surface area contributed by atoms with Crippen LogP contribution in [0.1, 0.15) is 28.4 Å². The third-order valence-electron chi connectivity index (χ3n) is 4.42. The van der Waals surface area contributed by atoms with Crippen molar-refractivity contribution >= 4 is 18.0 Å². The van der Waals surface area contributed by atoms with Crippen molar-refractivity contribution in [2.24, 2.45) is 0 Å². The molecule has 0 fully saturated rings. The van der Waals surface area contributed by atoms with Crippen LogP contribution in [0.4, 0.5) is 0 Å². The van der Waals surface area contributed by atoms with E-state index in [-0.39, 0.29) is 11.9 Å². The van der Waals surface area contributed by atoms with Gasteiger partial charge < -0.3 is 19.1 Å². The summed E-state index contributed by atoms with van der Waals surface area (Å²) in [6.45, 7) is 4.09. The zero-order chi connectivity index (χ0) is 19.9. The number of likely N-dealkylation sites (N-methyl/N-ethyl adjacent to an activating group) is 1. The summed E-state index contributed by atoms with van der Waals surface area (Å²) in [6.07, 6.45) is 3.27. The second kappa shape index (κ2) is 9.08. The molecular formula is C22H23NO5. The molecular weight excluding hydrogens is 358 g/mol. The predicted octanol–water partition coefficient (Wildman–Crippen LogP) is 3.31. The lowest BCUT2D eigenvalue weighted by Gasteiger charge is -2.22. The summed E-state index contributed by atoms with van der Waals surface area (Å²) in [7, 11) is 1.34. The lowest BCUT2D eigenvalue weighted by Crippen LogP contribution is -2.28. The molecule has 0 saturated carbocycles. The van der Waals surface area contributed by atoms with E-state index in [9.17, 15) is 9.59 Å². The maximum atomic E-state index is 12.6. The lowest BCUT2D eigenvalue weighted by atomic mass is 10.1. The molecule has 0 aliphatic carbocycles. The number of benzene rings is 2. The molecule has 2 aromatic carbocycles. The van der Waals surface area contributed by atoms with E-state index in [1.165, 1.54) is 13.2 Å².